The van der Waals surface area contributed by atoms with Gasteiger partial charge in [-0.3, -0.25) is 9.69 Å². The third-order valence-electron chi connectivity index (χ3n) is 4.78. The summed E-state index contributed by atoms with van der Waals surface area (Å²) in [7, 11) is 0. The third-order valence-corrected chi connectivity index (χ3v) is 5.22. The lowest BCUT2D eigenvalue weighted by Crippen LogP contribution is -2.38. The Hall–Kier alpha value is -1.82. The number of likely N-dealkylation sites (tertiary alicyclic amines) is 1. The van der Waals surface area contributed by atoms with Crippen LogP contribution in [0.2, 0.25) is 10.0 Å². The van der Waals surface area contributed by atoms with Gasteiger partial charge in [-0.1, -0.05) is 29.6 Å². The molecule has 1 aliphatic heterocycles. The second-order valence-corrected chi connectivity index (χ2v) is 7.79. The third kappa shape index (κ3) is 5.12. The summed E-state index contributed by atoms with van der Waals surface area (Å²) in [5.74, 6) is -0.0800. The van der Waals surface area contributed by atoms with Crippen LogP contribution in [0.5, 0.6) is 0 Å². The monoisotopic (exact) mass is 406 g/mol. The molecule has 27 heavy (non-hydrogen) atoms. The Morgan fingerprint density at radius 3 is 2.44 bits per heavy atom. The molecule has 0 atom stereocenters. The predicted molar refractivity (Wildman–Crippen MR) is 111 cm³/mol. The highest BCUT2D eigenvalue weighted by molar-refractivity contribution is 6.34. The number of hydrazone groups is 1. The summed E-state index contributed by atoms with van der Waals surface area (Å²) in [6.07, 6.45) is 5.26. The van der Waals surface area contributed by atoms with Crippen molar-refractivity contribution in [2.75, 3.05) is 19.6 Å². The second kappa shape index (κ2) is 8.91. The van der Waals surface area contributed by atoms with Crippen molar-refractivity contribution >= 4 is 35.3 Å². The Morgan fingerprint density at radius 2 is 1.78 bits per heavy atom. The molecule has 1 N–H and O–H groups in total. The minimum Gasteiger partial charge on any atom is -0.318 e. The van der Waals surface area contributed by atoms with Gasteiger partial charge in [-0.15, -0.1) is 0 Å². The van der Waals surface area contributed by atoms with Crippen LogP contribution in [0, 0.1) is 13.8 Å². The molecule has 0 unspecified atom stereocenters. The normalized spacial score (nSPS) is 15.4. The van der Waals surface area contributed by atoms with Gasteiger partial charge in [-0.2, -0.15) is 5.10 Å². The molecule has 0 saturated carbocycles. The summed E-state index contributed by atoms with van der Waals surface area (Å²) in [5, 5.41) is 5.31. The summed E-state index contributed by atoms with van der Waals surface area (Å²) in [6, 6.07) is 7.47. The maximum Gasteiger partial charge on any atom is 0.254 e. The highest BCUT2D eigenvalue weighted by atomic mass is 35.5. The number of amides is 1. The standard InChI is InChI=1S/C20H24Cl2N4O/c1-14-8-16(12-23-24-20(27)13-25-6-4-3-5-7-25)15(2)26(14)19-10-17(21)9-18(22)11-19/h8-12H,3-7,13H2,1-2H3,(H,24,27)/b23-12+. The zero-order chi connectivity index (χ0) is 19.4. The number of benzene rings is 1. The van der Waals surface area contributed by atoms with Crippen LogP contribution in [0.25, 0.3) is 5.69 Å². The van der Waals surface area contributed by atoms with Crippen LogP contribution < -0.4 is 5.43 Å². The molecule has 2 heterocycles. The number of halogens is 2. The largest absolute Gasteiger partial charge is 0.318 e. The second-order valence-electron chi connectivity index (χ2n) is 6.92. The van der Waals surface area contributed by atoms with E-state index in [9.17, 15) is 4.79 Å². The quantitative estimate of drug-likeness (QED) is 0.592. The van der Waals surface area contributed by atoms with Crippen molar-refractivity contribution < 1.29 is 4.79 Å². The van der Waals surface area contributed by atoms with E-state index in [1.807, 2.05) is 32.0 Å². The zero-order valence-corrected chi connectivity index (χ0v) is 17.1. The van der Waals surface area contributed by atoms with Crippen LogP contribution in [0.4, 0.5) is 0 Å². The first-order valence-corrected chi connectivity index (χ1v) is 9.89. The molecule has 1 aromatic carbocycles. The molecule has 1 aromatic heterocycles. The molecule has 0 radical (unpaired) electrons. The van der Waals surface area contributed by atoms with E-state index >= 15 is 0 Å². The molecule has 7 heteroatoms. The molecule has 1 amide bonds. The maximum atomic E-state index is 12.1. The van der Waals surface area contributed by atoms with Crippen LogP contribution in [0.1, 0.15) is 36.2 Å². The van der Waals surface area contributed by atoms with E-state index in [1.165, 1.54) is 6.42 Å². The molecule has 0 bridgehead atoms. The highest BCUT2D eigenvalue weighted by Crippen LogP contribution is 2.26. The number of piperidine rings is 1. The summed E-state index contributed by atoms with van der Waals surface area (Å²) in [5.41, 5.74) is 6.50. The van der Waals surface area contributed by atoms with Crippen LogP contribution in [-0.4, -0.2) is 41.2 Å². The molecular weight excluding hydrogens is 383 g/mol. The number of carbonyl (C=O) groups is 1. The number of carbonyl (C=O) groups excluding carboxylic acids is 1. The van der Waals surface area contributed by atoms with Crippen molar-refractivity contribution in [3.05, 3.63) is 51.3 Å². The van der Waals surface area contributed by atoms with Crippen molar-refractivity contribution in [3.63, 3.8) is 0 Å². The van der Waals surface area contributed by atoms with Crippen molar-refractivity contribution in [2.45, 2.75) is 33.1 Å². The summed E-state index contributed by atoms with van der Waals surface area (Å²) < 4.78 is 2.06. The van der Waals surface area contributed by atoms with Crippen LogP contribution >= 0.6 is 23.2 Å². The molecule has 0 aliphatic carbocycles. The van der Waals surface area contributed by atoms with Gasteiger partial charge in [0, 0.05) is 32.7 Å². The number of hydrogen-bond donors (Lipinski definition) is 1. The van der Waals surface area contributed by atoms with Gasteiger partial charge in [0.15, 0.2) is 0 Å². The van der Waals surface area contributed by atoms with Crippen LogP contribution in [0.15, 0.2) is 29.4 Å². The Labute approximate surface area is 169 Å². The lowest BCUT2D eigenvalue weighted by molar-refractivity contribution is -0.122. The van der Waals surface area contributed by atoms with Crippen molar-refractivity contribution in [3.8, 4) is 5.69 Å². The summed E-state index contributed by atoms with van der Waals surface area (Å²) in [6.45, 7) is 6.38. The lowest BCUT2D eigenvalue weighted by Gasteiger charge is -2.25. The number of nitrogens with zero attached hydrogens (tertiary/aromatic N) is 3. The minimum atomic E-state index is -0.0800. The molecule has 1 aliphatic rings. The fourth-order valence-electron chi connectivity index (χ4n) is 3.51. The van der Waals surface area contributed by atoms with E-state index in [2.05, 4.69) is 20.0 Å². The molecular formula is C20H24Cl2N4O. The number of aromatic nitrogens is 1. The van der Waals surface area contributed by atoms with Gasteiger partial charge in [-0.05, 0) is 64.0 Å². The van der Waals surface area contributed by atoms with E-state index in [1.54, 1.807) is 12.3 Å². The predicted octanol–water partition coefficient (Wildman–Crippen LogP) is 4.34. The highest BCUT2D eigenvalue weighted by Gasteiger charge is 2.14. The van der Waals surface area contributed by atoms with Gasteiger partial charge in [0.1, 0.15) is 0 Å². The Bertz CT molecular complexity index is 834. The number of aryl methyl sites for hydroxylation is 1. The minimum absolute atomic E-state index is 0.0800. The number of nitrogens with one attached hydrogen (secondary N) is 1. The first-order chi connectivity index (χ1) is 12.9. The molecule has 1 saturated heterocycles. The molecule has 5 nitrogen and oxygen atoms in total. The van der Waals surface area contributed by atoms with Gasteiger partial charge in [0.2, 0.25) is 0 Å². The Morgan fingerprint density at radius 1 is 1.11 bits per heavy atom. The van der Waals surface area contributed by atoms with Gasteiger partial charge in [0.05, 0.1) is 12.8 Å². The van der Waals surface area contributed by atoms with Crippen LogP contribution in [0.3, 0.4) is 0 Å². The first-order valence-electron chi connectivity index (χ1n) is 9.14. The van der Waals surface area contributed by atoms with E-state index in [-0.39, 0.29) is 5.91 Å². The van der Waals surface area contributed by atoms with Gasteiger partial charge >= 0.3 is 0 Å². The van der Waals surface area contributed by atoms with Gasteiger partial charge in [0.25, 0.3) is 5.91 Å². The van der Waals surface area contributed by atoms with Crippen molar-refractivity contribution in [2.24, 2.45) is 5.10 Å². The fraction of sp³-hybridized carbons (Fsp3) is 0.400. The topological polar surface area (TPSA) is 49.6 Å². The SMILES string of the molecule is Cc1cc(/C=N/NC(=O)CN2CCCCC2)c(C)n1-c1cc(Cl)cc(Cl)c1. The van der Waals surface area contributed by atoms with E-state index in [0.717, 1.165) is 48.6 Å². The van der Waals surface area contributed by atoms with E-state index in [0.29, 0.717) is 16.6 Å². The first kappa shape index (κ1) is 19.9. The molecule has 0 spiro atoms. The maximum absolute atomic E-state index is 12.1. The smallest absolute Gasteiger partial charge is 0.254 e. The summed E-state index contributed by atoms with van der Waals surface area (Å²) >= 11 is 12.3. The summed E-state index contributed by atoms with van der Waals surface area (Å²) in [4.78, 5) is 14.2. The van der Waals surface area contributed by atoms with E-state index < -0.39 is 0 Å². The fourth-order valence-corrected chi connectivity index (χ4v) is 4.03. The zero-order valence-electron chi connectivity index (χ0n) is 15.6. The average Bonchev–Trinajstić information content (AvgIpc) is 2.88. The lowest BCUT2D eigenvalue weighted by atomic mass is 10.1. The molecule has 1 fully saturated rings. The van der Waals surface area contributed by atoms with E-state index in [4.69, 9.17) is 23.2 Å². The Balaban J connectivity index is 1.68. The Kier molecular flexibility index (Phi) is 6.58. The molecule has 3 rings (SSSR count). The van der Waals surface area contributed by atoms with Crippen molar-refractivity contribution in [1.29, 1.82) is 0 Å². The van der Waals surface area contributed by atoms with Crippen LogP contribution in [-0.2, 0) is 4.79 Å². The van der Waals surface area contributed by atoms with Crippen molar-refractivity contribution in [1.82, 2.24) is 14.9 Å². The number of hydrogen-bond acceptors (Lipinski definition) is 3. The molecule has 144 valence electrons. The van der Waals surface area contributed by atoms with Gasteiger partial charge < -0.3 is 4.57 Å². The molecule has 2 aromatic rings. The van der Waals surface area contributed by atoms with Gasteiger partial charge in [-0.25, -0.2) is 5.43 Å². The average molecular weight is 407 g/mol. The number of rotatable bonds is 5.